The van der Waals surface area contributed by atoms with Crippen molar-refractivity contribution in [3.05, 3.63) is 5.21 Å². The van der Waals surface area contributed by atoms with Gasteiger partial charge in [0.25, 0.3) is 0 Å². The average Bonchev–Trinajstić information content (AvgIpc) is 1.83. The van der Waals surface area contributed by atoms with Crippen molar-refractivity contribution in [2.45, 2.75) is 40.3 Å². The van der Waals surface area contributed by atoms with Crippen molar-refractivity contribution in [3.63, 3.8) is 0 Å². The Morgan fingerprint density at radius 2 is 1.64 bits per heavy atom. The van der Waals surface area contributed by atoms with Crippen molar-refractivity contribution in [3.8, 4) is 0 Å². The predicted molar refractivity (Wildman–Crippen MR) is 47.8 cm³/mol. The molecule has 0 saturated heterocycles. The Labute approximate surface area is 69.1 Å². The highest BCUT2D eigenvalue weighted by Crippen LogP contribution is 2.29. The van der Waals surface area contributed by atoms with Gasteiger partial charge in [0.2, 0.25) is 0 Å². The smallest absolute Gasteiger partial charge is 0.0593 e. The van der Waals surface area contributed by atoms with Gasteiger partial charge in [-0.1, -0.05) is 27.7 Å². The lowest BCUT2D eigenvalue weighted by atomic mass is 9.82. The molecule has 0 aromatic rings. The van der Waals surface area contributed by atoms with Crippen molar-refractivity contribution in [1.29, 1.82) is 0 Å². The molecule has 0 saturated carbocycles. The second kappa shape index (κ2) is 3.09. The van der Waals surface area contributed by atoms with Crippen LogP contribution in [0.25, 0.3) is 0 Å². The highest BCUT2D eigenvalue weighted by Gasteiger charge is 2.33. The summed E-state index contributed by atoms with van der Waals surface area (Å²) in [6.07, 6.45) is 0. The molecular weight excluding hydrogens is 140 g/mol. The Morgan fingerprint density at radius 3 is 1.73 bits per heavy atom. The van der Waals surface area contributed by atoms with E-state index in [0.717, 1.165) is 5.06 Å². The highest BCUT2D eigenvalue weighted by molar-refractivity contribution is 4.90. The zero-order valence-corrected chi connectivity index (χ0v) is 8.14. The van der Waals surface area contributed by atoms with Crippen LogP contribution in [0.1, 0.15) is 34.6 Å². The topological polar surface area (TPSA) is 52.3 Å². The lowest BCUT2D eigenvalue weighted by molar-refractivity contribution is 0.0537. The van der Waals surface area contributed by atoms with Gasteiger partial charge in [-0.2, -0.15) is 0 Å². The molecule has 3 nitrogen and oxygen atoms in total. The second-order valence-electron chi connectivity index (χ2n) is 4.09. The first kappa shape index (κ1) is 10.9. The summed E-state index contributed by atoms with van der Waals surface area (Å²) in [5.74, 6) is 0. The van der Waals surface area contributed by atoms with E-state index in [1.165, 1.54) is 0 Å². The lowest BCUT2D eigenvalue weighted by Gasteiger charge is -2.51. The number of rotatable bonds is 2. The van der Waals surface area contributed by atoms with Crippen LogP contribution >= 0.6 is 0 Å². The quantitative estimate of drug-likeness (QED) is 0.491. The summed E-state index contributed by atoms with van der Waals surface area (Å²) in [5, 5.41) is 12.2. The SMILES string of the molecule is CCN([O-])C(C)(N)C(C)(C)C. The van der Waals surface area contributed by atoms with Crippen LogP contribution in [0.2, 0.25) is 0 Å². The van der Waals surface area contributed by atoms with Gasteiger partial charge in [0.05, 0.1) is 5.66 Å². The molecular formula is C8H19N2O-. The van der Waals surface area contributed by atoms with Crippen molar-refractivity contribution >= 4 is 0 Å². The molecule has 0 amide bonds. The molecule has 0 bridgehead atoms. The molecule has 0 fully saturated rings. The largest absolute Gasteiger partial charge is 0.784 e. The Balaban J connectivity index is 4.45. The van der Waals surface area contributed by atoms with Crippen LogP contribution in [0.4, 0.5) is 0 Å². The monoisotopic (exact) mass is 159 g/mol. The first-order valence-corrected chi connectivity index (χ1v) is 3.97. The molecule has 0 spiro atoms. The Bertz CT molecular complexity index is 127. The van der Waals surface area contributed by atoms with Crippen LogP contribution in [-0.4, -0.2) is 17.3 Å². The maximum absolute atomic E-state index is 11.3. The van der Waals surface area contributed by atoms with Gasteiger partial charge in [-0.05, 0) is 18.9 Å². The van der Waals surface area contributed by atoms with Crippen LogP contribution in [0.5, 0.6) is 0 Å². The minimum Gasteiger partial charge on any atom is -0.784 e. The van der Waals surface area contributed by atoms with E-state index in [-0.39, 0.29) is 5.41 Å². The molecule has 0 radical (unpaired) electrons. The third-order valence-electron chi connectivity index (χ3n) is 2.32. The molecule has 3 heteroatoms. The summed E-state index contributed by atoms with van der Waals surface area (Å²) in [4.78, 5) is 0. The number of nitrogens with two attached hydrogens (primary N) is 1. The van der Waals surface area contributed by atoms with Crippen molar-refractivity contribution in [2.75, 3.05) is 6.54 Å². The summed E-state index contributed by atoms with van der Waals surface area (Å²) >= 11 is 0. The highest BCUT2D eigenvalue weighted by atomic mass is 16.5. The first-order valence-electron chi connectivity index (χ1n) is 3.97. The molecule has 0 aliphatic carbocycles. The predicted octanol–water partition coefficient (Wildman–Crippen LogP) is 1.53. The minimum absolute atomic E-state index is 0.190. The van der Waals surface area contributed by atoms with Gasteiger partial charge in [-0.25, -0.2) is 0 Å². The molecule has 11 heavy (non-hydrogen) atoms. The van der Waals surface area contributed by atoms with E-state index >= 15 is 0 Å². The van der Waals surface area contributed by atoms with Crippen LogP contribution in [0.3, 0.4) is 0 Å². The fourth-order valence-electron chi connectivity index (χ4n) is 0.703. The van der Waals surface area contributed by atoms with Crippen molar-refractivity contribution in [2.24, 2.45) is 11.1 Å². The van der Waals surface area contributed by atoms with E-state index in [2.05, 4.69) is 0 Å². The van der Waals surface area contributed by atoms with Gasteiger partial charge in [0.1, 0.15) is 0 Å². The molecule has 0 rings (SSSR count). The molecule has 0 aliphatic heterocycles. The van der Waals surface area contributed by atoms with E-state index in [9.17, 15) is 5.21 Å². The van der Waals surface area contributed by atoms with Crippen LogP contribution < -0.4 is 5.73 Å². The van der Waals surface area contributed by atoms with Gasteiger partial charge in [0, 0.05) is 0 Å². The Morgan fingerprint density at radius 1 is 1.27 bits per heavy atom. The molecule has 0 aromatic heterocycles. The normalized spacial score (nSPS) is 18.5. The standard InChI is InChI=1S/C8H19N2O/c1-6-10(11)8(5,9)7(2,3)4/h6,9H2,1-5H3/q-1. The van der Waals surface area contributed by atoms with E-state index in [1.807, 2.05) is 27.7 Å². The van der Waals surface area contributed by atoms with E-state index in [1.54, 1.807) is 6.92 Å². The van der Waals surface area contributed by atoms with Gasteiger partial charge in [-0.3, -0.25) is 0 Å². The summed E-state index contributed by atoms with van der Waals surface area (Å²) in [7, 11) is 0. The lowest BCUT2D eigenvalue weighted by Crippen LogP contribution is -2.59. The third kappa shape index (κ3) is 2.15. The summed E-state index contributed by atoms with van der Waals surface area (Å²) in [5.41, 5.74) is 4.90. The zero-order chi connectivity index (χ0) is 9.28. The van der Waals surface area contributed by atoms with Crippen molar-refractivity contribution < 1.29 is 0 Å². The summed E-state index contributed by atoms with van der Waals surface area (Å²) in [6.45, 7) is 9.91. The van der Waals surface area contributed by atoms with Gasteiger partial charge in [0.15, 0.2) is 0 Å². The van der Waals surface area contributed by atoms with Gasteiger partial charge >= 0.3 is 0 Å². The number of hydrogen-bond acceptors (Lipinski definition) is 3. The fraction of sp³-hybridized carbons (Fsp3) is 1.00. The van der Waals surface area contributed by atoms with E-state index in [4.69, 9.17) is 5.73 Å². The van der Waals surface area contributed by atoms with Crippen LogP contribution in [0.15, 0.2) is 0 Å². The van der Waals surface area contributed by atoms with E-state index in [0.29, 0.717) is 6.54 Å². The average molecular weight is 159 g/mol. The summed E-state index contributed by atoms with van der Waals surface area (Å²) < 4.78 is 0. The number of hydroxylamine groups is 2. The van der Waals surface area contributed by atoms with Crippen molar-refractivity contribution in [1.82, 2.24) is 5.06 Å². The second-order valence-corrected chi connectivity index (χ2v) is 4.09. The molecule has 0 aromatic carbocycles. The Kier molecular flexibility index (Phi) is 3.06. The molecule has 1 atom stereocenters. The molecule has 1 unspecified atom stereocenters. The third-order valence-corrected chi connectivity index (χ3v) is 2.32. The summed E-state index contributed by atoms with van der Waals surface area (Å²) in [6, 6.07) is 0. The molecule has 0 aliphatic rings. The number of nitrogens with zero attached hydrogens (tertiary/aromatic N) is 1. The first-order chi connectivity index (χ1) is 4.73. The zero-order valence-electron chi connectivity index (χ0n) is 8.14. The van der Waals surface area contributed by atoms with Gasteiger partial charge in [-0.15, -0.1) is 0 Å². The Hall–Kier alpha value is -0.120. The van der Waals surface area contributed by atoms with Crippen LogP contribution in [-0.2, 0) is 0 Å². The maximum atomic E-state index is 11.3. The number of hydrogen-bond donors (Lipinski definition) is 1. The molecule has 0 heterocycles. The fourth-order valence-corrected chi connectivity index (χ4v) is 0.703. The van der Waals surface area contributed by atoms with Crippen LogP contribution in [0, 0.1) is 10.6 Å². The van der Waals surface area contributed by atoms with Gasteiger partial charge < -0.3 is 16.0 Å². The maximum Gasteiger partial charge on any atom is 0.0593 e. The molecule has 68 valence electrons. The minimum atomic E-state index is -0.776. The van der Waals surface area contributed by atoms with E-state index < -0.39 is 5.66 Å². The molecule has 2 N–H and O–H groups in total.